The lowest BCUT2D eigenvalue weighted by Gasteiger charge is -2.23. The molecule has 0 saturated carbocycles. The Labute approximate surface area is 197 Å². The monoisotopic (exact) mass is 494 g/mol. The van der Waals surface area contributed by atoms with Gasteiger partial charge in [-0.2, -0.15) is 0 Å². The predicted molar refractivity (Wildman–Crippen MR) is 125 cm³/mol. The molecule has 0 saturated heterocycles. The maximum atomic E-state index is 13.2. The van der Waals surface area contributed by atoms with Crippen LogP contribution in [0.2, 0.25) is 5.15 Å². The highest BCUT2D eigenvalue weighted by Gasteiger charge is 2.36. The molecule has 1 aromatic carbocycles. The van der Waals surface area contributed by atoms with Crippen LogP contribution in [0.4, 0.5) is 4.79 Å². The van der Waals surface area contributed by atoms with Crippen LogP contribution in [0.5, 0.6) is 0 Å². The van der Waals surface area contributed by atoms with Crippen LogP contribution in [0, 0.1) is 5.92 Å². The molecule has 2 N–H and O–H groups in total. The molecule has 0 bridgehead atoms. The maximum Gasteiger partial charge on any atom is 0.408 e. The summed E-state index contributed by atoms with van der Waals surface area (Å²) in [4.78, 5) is 19.5. The van der Waals surface area contributed by atoms with Crippen molar-refractivity contribution in [3.05, 3.63) is 45.1 Å². The smallest absolute Gasteiger partial charge is 0.408 e. The third-order valence-corrected chi connectivity index (χ3v) is 6.71. The number of hydrogen-bond donors (Lipinski definition) is 2. The first kappa shape index (κ1) is 25.0. The van der Waals surface area contributed by atoms with Gasteiger partial charge in [-0.05, 0) is 61.9 Å². The van der Waals surface area contributed by atoms with E-state index in [4.69, 9.17) is 21.9 Å². The summed E-state index contributed by atoms with van der Waals surface area (Å²) >= 11 is 6.11. The summed E-state index contributed by atoms with van der Waals surface area (Å²) in [5, 5.41) is 7.65. The summed E-state index contributed by atoms with van der Waals surface area (Å²) < 4.78 is 34.3. The number of hydrogen-bond acceptors (Lipinski definition) is 6. The molecule has 1 aliphatic rings. The minimum atomic E-state index is -3.91. The maximum absolute atomic E-state index is 13.2. The lowest BCUT2D eigenvalue weighted by atomic mass is 10.00. The van der Waals surface area contributed by atoms with Gasteiger partial charge in [0, 0.05) is 28.4 Å². The number of amides is 1. The molecule has 12 heteroatoms. The van der Waals surface area contributed by atoms with E-state index in [-0.39, 0.29) is 28.9 Å². The highest BCUT2D eigenvalue weighted by atomic mass is 35.5. The Bertz CT molecular complexity index is 1240. The second kappa shape index (κ2) is 9.34. The number of benzene rings is 1. The van der Waals surface area contributed by atoms with Crippen LogP contribution < -0.4 is 10.0 Å². The van der Waals surface area contributed by atoms with Gasteiger partial charge in [-0.25, -0.2) is 22.9 Å². The fourth-order valence-corrected chi connectivity index (χ4v) is 5.37. The van der Waals surface area contributed by atoms with Crippen molar-refractivity contribution in [1.82, 2.24) is 15.0 Å². The number of ether oxygens (including phenoxy) is 1. The van der Waals surface area contributed by atoms with Crippen molar-refractivity contribution in [2.45, 2.75) is 63.6 Å². The highest BCUT2D eigenvalue weighted by Crippen LogP contribution is 2.46. The van der Waals surface area contributed by atoms with Gasteiger partial charge < -0.3 is 10.1 Å². The summed E-state index contributed by atoms with van der Waals surface area (Å²) in [5.41, 5.74) is 9.52. The molecule has 0 aliphatic heterocycles. The second-order valence-electron chi connectivity index (χ2n) is 9.33. The standard InChI is InChI=1S/C21H27ClN6O4S/c1-11(2)9-25-33(30,31)17-6-13-15(27-28-23)8-16(26-20(29)32-21(3,4)5)19(13)14-10-24-18(22)7-12(14)17/h6-7,10-11,15-16,25H,8-9H2,1-5H3,(H,26,29). The minimum absolute atomic E-state index is 0.0113. The minimum Gasteiger partial charge on any atom is -0.444 e. The van der Waals surface area contributed by atoms with Crippen molar-refractivity contribution in [1.29, 1.82) is 0 Å². The fourth-order valence-electron chi connectivity index (χ4n) is 3.76. The van der Waals surface area contributed by atoms with Gasteiger partial charge in [0.05, 0.1) is 17.0 Å². The van der Waals surface area contributed by atoms with Crippen LogP contribution in [0.1, 0.15) is 64.3 Å². The first-order valence-electron chi connectivity index (χ1n) is 10.5. The summed E-state index contributed by atoms with van der Waals surface area (Å²) in [6, 6.07) is 1.72. The Morgan fingerprint density at radius 3 is 2.67 bits per heavy atom. The van der Waals surface area contributed by atoms with Crippen LogP contribution in [-0.2, 0) is 14.8 Å². The van der Waals surface area contributed by atoms with Crippen LogP contribution in [0.25, 0.3) is 21.2 Å². The lowest BCUT2D eigenvalue weighted by Crippen LogP contribution is -2.34. The molecular formula is C21H27ClN6O4S. The molecule has 1 heterocycles. The van der Waals surface area contributed by atoms with Gasteiger partial charge in [0.2, 0.25) is 10.0 Å². The van der Waals surface area contributed by atoms with Crippen molar-refractivity contribution in [2.24, 2.45) is 11.0 Å². The molecule has 178 valence electrons. The first-order chi connectivity index (χ1) is 15.3. The Balaban J connectivity index is 2.19. The van der Waals surface area contributed by atoms with Crippen molar-refractivity contribution >= 4 is 38.5 Å². The molecule has 1 aliphatic carbocycles. The number of carbonyl (C=O) groups is 1. The summed E-state index contributed by atoms with van der Waals surface area (Å²) in [6.07, 6.45) is 1.09. The largest absolute Gasteiger partial charge is 0.444 e. The van der Waals surface area contributed by atoms with E-state index in [1.54, 1.807) is 20.8 Å². The number of pyridine rings is 1. The SMILES string of the molecule is CC(C)CNS(=O)(=O)c1cc2c(c3cnc(Cl)cc13)C(NC(=O)OC(C)(C)C)CC2N=[N+]=[N-]. The zero-order chi connectivity index (χ0) is 24.6. The van der Waals surface area contributed by atoms with E-state index in [0.29, 0.717) is 21.9 Å². The van der Waals surface area contributed by atoms with Crippen molar-refractivity contribution in [2.75, 3.05) is 6.54 Å². The normalized spacial score (nSPS) is 18.2. The molecular weight excluding hydrogens is 468 g/mol. The number of fused-ring (bicyclic) bond motifs is 3. The fraction of sp³-hybridized carbons (Fsp3) is 0.524. The van der Waals surface area contributed by atoms with Gasteiger partial charge in [0.1, 0.15) is 10.8 Å². The quantitative estimate of drug-likeness (QED) is 0.247. The lowest BCUT2D eigenvalue weighted by molar-refractivity contribution is 0.0503. The van der Waals surface area contributed by atoms with E-state index in [9.17, 15) is 13.2 Å². The van der Waals surface area contributed by atoms with Gasteiger partial charge in [0.25, 0.3) is 0 Å². The number of azide groups is 1. The molecule has 3 rings (SSSR count). The number of aromatic nitrogens is 1. The Hall–Kier alpha value is -2.59. The summed E-state index contributed by atoms with van der Waals surface area (Å²) in [7, 11) is -3.91. The van der Waals surface area contributed by atoms with E-state index in [2.05, 4.69) is 25.0 Å². The van der Waals surface area contributed by atoms with E-state index < -0.39 is 33.8 Å². The molecule has 0 spiro atoms. The summed E-state index contributed by atoms with van der Waals surface area (Å²) in [5.74, 6) is 0.101. The van der Waals surface area contributed by atoms with Gasteiger partial charge in [-0.15, -0.1) is 0 Å². The van der Waals surface area contributed by atoms with E-state index >= 15 is 0 Å². The van der Waals surface area contributed by atoms with E-state index in [1.807, 2.05) is 13.8 Å². The van der Waals surface area contributed by atoms with Gasteiger partial charge in [0.15, 0.2) is 0 Å². The molecule has 2 atom stereocenters. The Kier molecular flexibility index (Phi) is 7.09. The molecule has 0 fully saturated rings. The highest BCUT2D eigenvalue weighted by molar-refractivity contribution is 7.89. The first-order valence-corrected chi connectivity index (χ1v) is 12.3. The number of alkyl carbamates (subject to hydrolysis) is 1. The zero-order valence-electron chi connectivity index (χ0n) is 19.1. The molecule has 2 unspecified atom stereocenters. The third kappa shape index (κ3) is 5.67. The number of sulfonamides is 1. The molecule has 2 aromatic rings. The number of halogens is 1. The Morgan fingerprint density at radius 1 is 1.36 bits per heavy atom. The Morgan fingerprint density at radius 2 is 2.06 bits per heavy atom. The zero-order valence-corrected chi connectivity index (χ0v) is 20.7. The van der Waals surface area contributed by atoms with E-state index in [0.717, 1.165) is 0 Å². The average Bonchev–Trinajstić information content (AvgIpc) is 3.01. The van der Waals surface area contributed by atoms with Crippen molar-refractivity contribution in [3.63, 3.8) is 0 Å². The number of rotatable bonds is 6. The average molecular weight is 495 g/mol. The number of nitrogens with one attached hydrogen (secondary N) is 2. The number of carbonyl (C=O) groups excluding carboxylic acids is 1. The second-order valence-corrected chi connectivity index (χ2v) is 11.5. The summed E-state index contributed by atoms with van der Waals surface area (Å²) in [6.45, 7) is 9.30. The molecule has 10 nitrogen and oxygen atoms in total. The van der Waals surface area contributed by atoms with Gasteiger partial charge in [-0.3, -0.25) is 0 Å². The number of nitrogens with zero attached hydrogens (tertiary/aromatic N) is 4. The van der Waals surface area contributed by atoms with Crippen LogP contribution >= 0.6 is 11.6 Å². The van der Waals surface area contributed by atoms with Crippen molar-refractivity contribution in [3.8, 4) is 0 Å². The molecule has 1 amide bonds. The van der Waals surface area contributed by atoms with Crippen LogP contribution in [-0.4, -0.2) is 31.6 Å². The topological polar surface area (TPSA) is 146 Å². The van der Waals surface area contributed by atoms with Crippen LogP contribution in [0.15, 0.2) is 28.3 Å². The molecule has 1 aromatic heterocycles. The third-order valence-electron chi connectivity index (χ3n) is 5.04. The van der Waals surface area contributed by atoms with Gasteiger partial charge >= 0.3 is 6.09 Å². The van der Waals surface area contributed by atoms with Crippen molar-refractivity contribution < 1.29 is 17.9 Å². The predicted octanol–water partition coefficient (Wildman–Crippen LogP) is 5.14. The van der Waals surface area contributed by atoms with E-state index in [1.165, 1.54) is 18.3 Å². The molecule has 33 heavy (non-hydrogen) atoms. The molecule has 0 radical (unpaired) electrons. The van der Waals surface area contributed by atoms with Crippen LogP contribution in [0.3, 0.4) is 0 Å². The van der Waals surface area contributed by atoms with Gasteiger partial charge in [-0.1, -0.05) is 30.6 Å².